The number of halogens is 1. The summed E-state index contributed by atoms with van der Waals surface area (Å²) in [4.78, 5) is 25.6. The molecule has 1 aromatic carbocycles. The average molecular weight is 388 g/mol. The van der Waals surface area contributed by atoms with Gasteiger partial charge in [-0.3, -0.25) is 9.59 Å². The number of amides is 1. The van der Waals surface area contributed by atoms with Gasteiger partial charge in [0.15, 0.2) is 0 Å². The summed E-state index contributed by atoms with van der Waals surface area (Å²) in [5.41, 5.74) is 0.541. The summed E-state index contributed by atoms with van der Waals surface area (Å²) in [6.07, 6.45) is 0.135. The molecule has 1 rings (SSSR count). The van der Waals surface area contributed by atoms with Crippen molar-refractivity contribution in [3.63, 3.8) is 0 Å². The third-order valence-corrected chi connectivity index (χ3v) is 3.54. The van der Waals surface area contributed by atoms with E-state index in [4.69, 9.17) is 14.6 Å². The van der Waals surface area contributed by atoms with Gasteiger partial charge in [0.25, 0.3) is 5.91 Å². The van der Waals surface area contributed by atoms with Crippen LogP contribution in [0.5, 0.6) is 0 Å². The fraction of sp³-hybridized carbons (Fsp3) is 0.500. The molecule has 0 saturated heterocycles. The minimum absolute atomic E-state index is 0.0660. The standard InChI is InChI=1S/C16H22BrNO5/c1-2-23-15(20)7-8-18(9-11-22-12-10-19)16(21)13-3-5-14(17)6-4-13/h3-6,19H,2,7-12H2,1H3. The number of carbonyl (C=O) groups excluding carboxylic acids is 2. The summed E-state index contributed by atoms with van der Waals surface area (Å²) in [6, 6.07) is 7.02. The molecule has 7 heteroatoms. The Bertz CT molecular complexity index is 492. The van der Waals surface area contributed by atoms with Crippen molar-refractivity contribution >= 4 is 27.8 Å². The van der Waals surface area contributed by atoms with Gasteiger partial charge >= 0.3 is 5.97 Å². The first-order valence-electron chi connectivity index (χ1n) is 7.47. The molecule has 23 heavy (non-hydrogen) atoms. The van der Waals surface area contributed by atoms with Gasteiger partial charge in [-0.2, -0.15) is 0 Å². The number of benzene rings is 1. The number of carbonyl (C=O) groups is 2. The van der Waals surface area contributed by atoms with Crippen LogP contribution < -0.4 is 0 Å². The summed E-state index contributed by atoms with van der Waals surface area (Å²) in [6.45, 7) is 3.11. The van der Waals surface area contributed by atoms with Crippen molar-refractivity contribution in [3.05, 3.63) is 34.3 Å². The zero-order valence-corrected chi connectivity index (χ0v) is 14.8. The molecule has 0 heterocycles. The molecule has 0 fully saturated rings. The summed E-state index contributed by atoms with van der Waals surface area (Å²) in [5, 5.41) is 8.71. The Morgan fingerprint density at radius 1 is 1.17 bits per heavy atom. The number of rotatable bonds is 10. The molecule has 0 aliphatic carbocycles. The minimum atomic E-state index is -0.336. The van der Waals surface area contributed by atoms with Crippen molar-refractivity contribution in [2.75, 3.05) is 39.5 Å². The van der Waals surface area contributed by atoms with E-state index in [0.29, 0.717) is 25.3 Å². The fourth-order valence-electron chi connectivity index (χ4n) is 1.89. The molecule has 128 valence electrons. The van der Waals surface area contributed by atoms with E-state index in [9.17, 15) is 9.59 Å². The van der Waals surface area contributed by atoms with Crippen molar-refractivity contribution < 1.29 is 24.2 Å². The minimum Gasteiger partial charge on any atom is -0.466 e. The molecule has 1 N–H and O–H groups in total. The summed E-state index contributed by atoms with van der Waals surface area (Å²) in [7, 11) is 0. The zero-order valence-electron chi connectivity index (χ0n) is 13.2. The summed E-state index contributed by atoms with van der Waals surface area (Å²) < 4.78 is 11.0. The molecule has 0 aliphatic rings. The molecule has 6 nitrogen and oxygen atoms in total. The Hall–Kier alpha value is -1.44. The number of aliphatic hydroxyl groups excluding tert-OH is 1. The van der Waals surface area contributed by atoms with Crippen LogP contribution in [0, 0.1) is 0 Å². The quantitative estimate of drug-likeness (QED) is 0.489. The third-order valence-electron chi connectivity index (χ3n) is 3.01. The lowest BCUT2D eigenvalue weighted by Crippen LogP contribution is -2.36. The van der Waals surface area contributed by atoms with Crippen LogP contribution in [0.2, 0.25) is 0 Å². The number of hydrogen-bond acceptors (Lipinski definition) is 5. The number of hydrogen-bond donors (Lipinski definition) is 1. The predicted octanol–water partition coefficient (Wildman–Crippen LogP) is 1.85. The smallest absolute Gasteiger partial charge is 0.307 e. The van der Waals surface area contributed by atoms with Crippen LogP contribution in [0.25, 0.3) is 0 Å². The topological polar surface area (TPSA) is 76.1 Å². The highest BCUT2D eigenvalue weighted by atomic mass is 79.9. The van der Waals surface area contributed by atoms with Gasteiger partial charge in [-0.1, -0.05) is 15.9 Å². The predicted molar refractivity (Wildman–Crippen MR) is 89.2 cm³/mol. The maximum atomic E-state index is 12.5. The Morgan fingerprint density at radius 3 is 2.48 bits per heavy atom. The van der Waals surface area contributed by atoms with E-state index in [2.05, 4.69) is 15.9 Å². The molecule has 1 aromatic rings. The largest absolute Gasteiger partial charge is 0.466 e. The molecule has 0 unspecified atom stereocenters. The number of ether oxygens (including phenoxy) is 2. The van der Waals surface area contributed by atoms with E-state index >= 15 is 0 Å². The van der Waals surface area contributed by atoms with E-state index in [0.717, 1.165) is 4.47 Å². The second kappa shape index (κ2) is 11.2. The highest BCUT2D eigenvalue weighted by Gasteiger charge is 2.17. The van der Waals surface area contributed by atoms with Crippen LogP contribution in [0.15, 0.2) is 28.7 Å². The van der Waals surface area contributed by atoms with Gasteiger partial charge < -0.3 is 19.5 Å². The van der Waals surface area contributed by atoms with Crippen molar-refractivity contribution in [3.8, 4) is 0 Å². The zero-order chi connectivity index (χ0) is 17.1. The van der Waals surface area contributed by atoms with Crippen molar-refractivity contribution in [1.29, 1.82) is 0 Å². The molecular formula is C16H22BrNO5. The van der Waals surface area contributed by atoms with E-state index in [1.54, 1.807) is 36.1 Å². The highest BCUT2D eigenvalue weighted by Crippen LogP contribution is 2.12. The summed E-state index contributed by atoms with van der Waals surface area (Å²) >= 11 is 3.33. The highest BCUT2D eigenvalue weighted by molar-refractivity contribution is 9.10. The molecule has 0 aromatic heterocycles. The number of aliphatic hydroxyl groups is 1. The van der Waals surface area contributed by atoms with Crippen LogP contribution in [0.4, 0.5) is 0 Å². The van der Waals surface area contributed by atoms with Gasteiger partial charge in [0, 0.05) is 23.1 Å². The maximum Gasteiger partial charge on any atom is 0.307 e. The summed E-state index contributed by atoms with van der Waals surface area (Å²) in [5.74, 6) is -0.508. The molecule has 1 amide bonds. The molecule has 0 saturated carbocycles. The second-order valence-corrected chi connectivity index (χ2v) is 5.61. The molecule has 0 spiro atoms. The number of nitrogens with zero attached hydrogens (tertiary/aromatic N) is 1. The molecular weight excluding hydrogens is 366 g/mol. The van der Waals surface area contributed by atoms with E-state index in [-0.39, 0.29) is 38.1 Å². The molecule has 0 atom stereocenters. The number of esters is 1. The van der Waals surface area contributed by atoms with Gasteiger partial charge in [0.2, 0.25) is 0 Å². The Balaban J connectivity index is 2.66. The third kappa shape index (κ3) is 7.58. The maximum absolute atomic E-state index is 12.5. The Kier molecular flexibility index (Phi) is 9.51. The van der Waals surface area contributed by atoms with Crippen LogP contribution in [-0.2, 0) is 14.3 Å². The normalized spacial score (nSPS) is 10.4. The van der Waals surface area contributed by atoms with Crippen LogP contribution in [0.3, 0.4) is 0 Å². The van der Waals surface area contributed by atoms with Gasteiger partial charge in [-0.15, -0.1) is 0 Å². The van der Waals surface area contributed by atoms with Crippen LogP contribution >= 0.6 is 15.9 Å². The van der Waals surface area contributed by atoms with E-state index in [1.807, 2.05) is 0 Å². The van der Waals surface area contributed by atoms with Gasteiger partial charge in [-0.05, 0) is 31.2 Å². The molecule has 0 radical (unpaired) electrons. The van der Waals surface area contributed by atoms with Gasteiger partial charge in [0.1, 0.15) is 0 Å². The van der Waals surface area contributed by atoms with Gasteiger partial charge in [-0.25, -0.2) is 0 Å². The lowest BCUT2D eigenvalue weighted by Gasteiger charge is -2.22. The molecule has 0 aliphatic heterocycles. The van der Waals surface area contributed by atoms with E-state index < -0.39 is 0 Å². The lowest BCUT2D eigenvalue weighted by molar-refractivity contribution is -0.143. The lowest BCUT2D eigenvalue weighted by atomic mass is 10.2. The van der Waals surface area contributed by atoms with Gasteiger partial charge in [0.05, 0.1) is 32.8 Å². The second-order valence-electron chi connectivity index (χ2n) is 4.69. The van der Waals surface area contributed by atoms with Crippen LogP contribution in [-0.4, -0.2) is 61.4 Å². The van der Waals surface area contributed by atoms with Crippen molar-refractivity contribution in [1.82, 2.24) is 4.90 Å². The van der Waals surface area contributed by atoms with Crippen molar-refractivity contribution in [2.24, 2.45) is 0 Å². The fourth-order valence-corrected chi connectivity index (χ4v) is 2.16. The molecule has 0 bridgehead atoms. The SMILES string of the molecule is CCOC(=O)CCN(CCOCCO)C(=O)c1ccc(Br)cc1. The first kappa shape index (κ1) is 19.6. The Labute approximate surface area is 144 Å². The van der Waals surface area contributed by atoms with E-state index in [1.165, 1.54) is 0 Å². The van der Waals surface area contributed by atoms with Crippen molar-refractivity contribution in [2.45, 2.75) is 13.3 Å². The first-order valence-corrected chi connectivity index (χ1v) is 8.26. The van der Waals surface area contributed by atoms with Crippen LogP contribution in [0.1, 0.15) is 23.7 Å². The average Bonchev–Trinajstić information content (AvgIpc) is 2.54. The Morgan fingerprint density at radius 2 is 1.87 bits per heavy atom. The first-order chi connectivity index (χ1) is 11.1. The monoisotopic (exact) mass is 387 g/mol.